The van der Waals surface area contributed by atoms with Crippen molar-refractivity contribution in [2.45, 2.75) is 0 Å². The maximum Gasteiger partial charge on any atom is 0.353 e. The van der Waals surface area contributed by atoms with Crippen molar-refractivity contribution in [3.05, 3.63) is 39.5 Å². The number of aromatic carboxylic acids is 1. The molecular formula is C10H6BrClN2O2. The van der Waals surface area contributed by atoms with E-state index in [4.69, 9.17) is 16.7 Å². The van der Waals surface area contributed by atoms with Crippen LogP contribution in [0.4, 0.5) is 0 Å². The number of H-pyrrole nitrogens is 1. The zero-order valence-electron chi connectivity index (χ0n) is 7.87. The Kier molecular flexibility index (Phi) is 2.98. The summed E-state index contributed by atoms with van der Waals surface area (Å²) in [6, 6.07) is 6.76. The molecule has 0 unspecified atom stereocenters. The van der Waals surface area contributed by atoms with Crippen LogP contribution in [0.25, 0.3) is 11.3 Å². The van der Waals surface area contributed by atoms with E-state index in [1.165, 1.54) is 6.07 Å². The fourth-order valence-corrected chi connectivity index (χ4v) is 1.66. The van der Waals surface area contributed by atoms with Crippen molar-refractivity contribution < 1.29 is 9.90 Å². The highest BCUT2D eigenvalue weighted by atomic mass is 79.9. The smallest absolute Gasteiger partial charge is 0.353 e. The molecule has 0 radical (unpaired) electrons. The maximum absolute atomic E-state index is 10.7. The van der Waals surface area contributed by atoms with Gasteiger partial charge in [0, 0.05) is 10.0 Å². The van der Waals surface area contributed by atoms with Crippen LogP contribution in [-0.4, -0.2) is 21.3 Å². The van der Waals surface area contributed by atoms with E-state index in [0.717, 1.165) is 10.0 Å². The normalized spacial score (nSPS) is 10.4. The van der Waals surface area contributed by atoms with Gasteiger partial charge < -0.3 is 5.11 Å². The van der Waals surface area contributed by atoms with E-state index < -0.39 is 5.97 Å². The number of aromatic nitrogens is 2. The third kappa shape index (κ3) is 2.10. The summed E-state index contributed by atoms with van der Waals surface area (Å²) < 4.78 is 0.784. The van der Waals surface area contributed by atoms with Crippen LogP contribution < -0.4 is 0 Å². The van der Waals surface area contributed by atoms with E-state index in [1.807, 2.05) is 0 Å². The van der Waals surface area contributed by atoms with Crippen molar-refractivity contribution in [3.63, 3.8) is 0 Å². The Morgan fingerprint density at radius 3 is 2.75 bits per heavy atom. The second-order valence-electron chi connectivity index (χ2n) is 3.10. The number of carboxylic acids is 1. The molecular weight excluding hydrogens is 295 g/mol. The summed E-state index contributed by atoms with van der Waals surface area (Å²) in [5.74, 6) is -1.04. The van der Waals surface area contributed by atoms with Crippen molar-refractivity contribution in [2.24, 2.45) is 0 Å². The van der Waals surface area contributed by atoms with Gasteiger partial charge in [-0.1, -0.05) is 17.7 Å². The van der Waals surface area contributed by atoms with Gasteiger partial charge in [0.05, 0.1) is 10.7 Å². The standard InChI is InChI=1S/C10H6BrClN2O2/c11-6-2-1-5(3-7(6)12)8-4-9(10(15)16)14-13-8/h1-4H,(H,13,14)(H,15,16). The molecule has 0 amide bonds. The van der Waals surface area contributed by atoms with Crippen LogP contribution in [0.5, 0.6) is 0 Å². The molecule has 2 aromatic rings. The number of carboxylic acid groups (broad SMARTS) is 1. The lowest BCUT2D eigenvalue weighted by atomic mass is 10.1. The van der Waals surface area contributed by atoms with Gasteiger partial charge in [-0.05, 0) is 34.1 Å². The molecule has 4 nitrogen and oxygen atoms in total. The van der Waals surface area contributed by atoms with Crippen molar-refractivity contribution >= 4 is 33.5 Å². The third-order valence-electron chi connectivity index (χ3n) is 2.02. The Morgan fingerprint density at radius 1 is 1.44 bits per heavy atom. The minimum absolute atomic E-state index is 0.0500. The molecule has 1 aromatic carbocycles. The molecule has 0 bridgehead atoms. The minimum atomic E-state index is -1.04. The second-order valence-corrected chi connectivity index (χ2v) is 4.36. The number of hydrogen-bond donors (Lipinski definition) is 2. The molecule has 16 heavy (non-hydrogen) atoms. The van der Waals surface area contributed by atoms with Crippen molar-refractivity contribution in [2.75, 3.05) is 0 Å². The van der Waals surface area contributed by atoms with Gasteiger partial charge in [-0.2, -0.15) is 5.10 Å². The molecule has 0 spiro atoms. The van der Waals surface area contributed by atoms with E-state index in [-0.39, 0.29) is 5.69 Å². The van der Waals surface area contributed by atoms with Gasteiger partial charge in [-0.3, -0.25) is 5.10 Å². The van der Waals surface area contributed by atoms with E-state index in [1.54, 1.807) is 18.2 Å². The van der Waals surface area contributed by atoms with Crippen LogP contribution in [0.15, 0.2) is 28.7 Å². The first-order valence-electron chi connectivity index (χ1n) is 4.32. The highest BCUT2D eigenvalue weighted by Crippen LogP contribution is 2.28. The number of nitrogens with zero attached hydrogens (tertiary/aromatic N) is 1. The summed E-state index contributed by atoms with van der Waals surface area (Å²) in [7, 11) is 0. The molecule has 1 aromatic heterocycles. The van der Waals surface area contributed by atoms with E-state index >= 15 is 0 Å². The minimum Gasteiger partial charge on any atom is -0.477 e. The Balaban J connectivity index is 2.42. The van der Waals surface area contributed by atoms with Crippen LogP contribution in [0.1, 0.15) is 10.5 Å². The van der Waals surface area contributed by atoms with Crippen molar-refractivity contribution in [3.8, 4) is 11.3 Å². The van der Waals surface area contributed by atoms with Gasteiger partial charge in [0.2, 0.25) is 0 Å². The third-order valence-corrected chi connectivity index (χ3v) is 3.26. The number of halogens is 2. The highest BCUT2D eigenvalue weighted by molar-refractivity contribution is 9.10. The number of aromatic amines is 1. The van der Waals surface area contributed by atoms with Gasteiger partial charge in [0.25, 0.3) is 0 Å². The second kappa shape index (κ2) is 4.27. The molecule has 1 heterocycles. The predicted octanol–water partition coefficient (Wildman–Crippen LogP) is 3.19. The first kappa shape index (κ1) is 11.2. The molecule has 0 saturated heterocycles. The Morgan fingerprint density at radius 2 is 2.19 bits per heavy atom. The number of benzene rings is 1. The van der Waals surface area contributed by atoms with E-state index in [2.05, 4.69) is 26.1 Å². The summed E-state index contributed by atoms with van der Waals surface area (Å²) in [5, 5.41) is 15.6. The Bertz CT molecular complexity index is 554. The molecule has 2 N–H and O–H groups in total. The largest absolute Gasteiger partial charge is 0.477 e. The molecule has 0 saturated carbocycles. The maximum atomic E-state index is 10.7. The van der Waals surface area contributed by atoms with Gasteiger partial charge in [0.1, 0.15) is 5.69 Å². The van der Waals surface area contributed by atoms with Gasteiger partial charge in [-0.15, -0.1) is 0 Å². The first-order valence-corrected chi connectivity index (χ1v) is 5.49. The Labute approximate surface area is 104 Å². The molecule has 0 aliphatic carbocycles. The van der Waals surface area contributed by atoms with Crippen LogP contribution in [-0.2, 0) is 0 Å². The predicted molar refractivity (Wildman–Crippen MR) is 63.7 cm³/mol. The lowest BCUT2D eigenvalue weighted by Gasteiger charge is -1.98. The van der Waals surface area contributed by atoms with Crippen LogP contribution in [0.3, 0.4) is 0 Å². The van der Waals surface area contributed by atoms with Gasteiger partial charge in [-0.25, -0.2) is 4.79 Å². The van der Waals surface area contributed by atoms with Crippen LogP contribution in [0.2, 0.25) is 5.02 Å². The number of nitrogens with one attached hydrogen (secondary N) is 1. The van der Waals surface area contributed by atoms with E-state index in [9.17, 15) is 4.79 Å². The van der Waals surface area contributed by atoms with E-state index in [0.29, 0.717) is 10.7 Å². The van der Waals surface area contributed by atoms with Gasteiger partial charge in [0.15, 0.2) is 0 Å². The quantitative estimate of drug-likeness (QED) is 0.895. The molecule has 2 rings (SSSR count). The first-order chi connectivity index (χ1) is 7.58. The topological polar surface area (TPSA) is 66.0 Å². The van der Waals surface area contributed by atoms with Crippen molar-refractivity contribution in [1.82, 2.24) is 10.2 Å². The fraction of sp³-hybridized carbons (Fsp3) is 0. The SMILES string of the molecule is O=C(O)c1cc(-c2ccc(Br)c(Cl)c2)n[nH]1. The lowest BCUT2D eigenvalue weighted by molar-refractivity contribution is 0.0690. The monoisotopic (exact) mass is 300 g/mol. The summed E-state index contributed by atoms with van der Waals surface area (Å²) >= 11 is 9.21. The lowest BCUT2D eigenvalue weighted by Crippen LogP contribution is -1.95. The van der Waals surface area contributed by atoms with Crippen LogP contribution in [0, 0.1) is 0 Å². The molecule has 0 atom stereocenters. The zero-order chi connectivity index (χ0) is 11.7. The summed E-state index contributed by atoms with van der Waals surface area (Å²) in [6.45, 7) is 0. The summed E-state index contributed by atoms with van der Waals surface area (Å²) in [5.41, 5.74) is 1.36. The zero-order valence-corrected chi connectivity index (χ0v) is 10.2. The highest BCUT2D eigenvalue weighted by Gasteiger charge is 2.09. The van der Waals surface area contributed by atoms with Gasteiger partial charge >= 0.3 is 5.97 Å². The molecule has 0 fully saturated rings. The summed E-state index contributed by atoms with van der Waals surface area (Å²) in [4.78, 5) is 10.7. The average Bonchev–Trinajstić information content (AvgIpc) is 2.71. The fourth-order valence-electron chi connectivity index (χ4n) is 1.23. The number of carbonyl (C=O) groups is 1. The molecule has 0 aliphatic rings. The number of rotatable bonds is 2. The average molecular weight is 302 g/mol. The van der Waals surface area contributed by atoms with Crippen LogP contribution >= 0.6 is 27.5 Å². The Hall–Kier alpha value is -1.33. The summed E-state index contributed by atoms with van der Waals surface area (Å²) in [6.07, 6.45) is 0. The van der Waals surface area contributed by atoms with Crippen molar-refractivity contribution in [1.29, 1.82) is 0 Å². The molecule has 82 valence electrons. The number of hydrogen-bond acceptors (Lipinski definition) is 2. The molecule has 6 heteroatoms. The molecule has 0 aliphatic heterocycles.